The predicted molar refractivity (Wildman–Crippen MR) is 63.3 cm³/mol. The van der Waals surface area contributed by atoms with Crippen molar-refractivity contribution in [2.24, 2.45) is 5.92 Å². The van der Waals surface area contributed by atoms with Crippen molar-refractivity contribution in [3.8, 4) is 0 Å². The second kappa shape index (κ2) is 6.12. The molecule has 1 saturated carbocycles. The second-order valence-electron chi connectivity index (χ2n) is 4.80. The third-order valence-corrected chi connectivity index (χ3v) is 3.49. The summed E-state index contributed by atoms with van der Waals surface area (Å²) >= 11 is 0. The number of rotatable bonds is 4. The predicted octanol–water partition coefficient (Wildman–Crippen LogP) is 1.41. The molecule has 1 heterocycles. The summed E-state index contributed by atoms with van der Waals surface area (Å²) < 4.78 is 4.93. The van der Waals surface area contributed by atoms with Gasteiger partial charge in [-0.25, -0.2) is 0 Å². The highest BCUT2D eigenvalue weighted by atomic mass is 16.5. The van der Waals surface area contributed by atoms with E-state index in [-0.39, 0.29) is 6.61 Å². The van der Waals surface area contributed by atoms with Crippen molar-refractivity contribution in [1.82, 2.24) is 15.5 Å². The molecule has 0 aromatic carbocycles. The highest BCUT2D eigenvalue weighted by Crippen LogP contribution is 2.23. The van der Waals surface area contributed by atoms with Crippen LogP contribution in [0.1, 0.15) is 43.8 Å². The van der Waals surface area contributed by atoms with Gasteiger partial charge in [0.15, 0.2) is 5.82 Å². The number of aliphatic hydroxyl groups excluding tert-OH is 1. The molecular formula is C12H21N3O2. The molecule has 1 aromatic heterocycles. The first-order valence-corrected chi connectivity index (χ1v) is 6.43. The molecule has 0 radical (unpaired) electrons. The Labute approximate surface area is 102 Å². The minimum Gasteiger partial charge on any atom is -0.396 e. The van der Waals surface area contributed by atoms with Gasteiger partial charge >= 0.3 is 0 Å². The fraction of sp³-hybridized carbons (Fsp3) is 0.833. The smallest absolute Gasteiger partial charge is 0.223 e. The second-order valence-corrected chi connectivity index (χ2v) is 4.80. The molecule has 2 rings (SSSR count). The quantitative estimate of drug-likeness (QED) is 0.777. The zero-order valence-electron chi connectivity index (χ0n) is 10.4. The van der Waals surface area contributed by atoms with Crippen LogP contribution in [-0.4, -0.2) is 27.9 Å². The molecular weight excluding hydrogens is 218 g/mol. The average Bonchev–Trinajstić information content (AvgIpc) is 2.63. The Kier molecular flexibility index (Phi) is 4.50. The monoisotopic (exact) mass is 239 g/mol. The molecule has 2 N–H and O–H groups in total. The molecule has 17 heavy (non-hydrogen) atoms. The van der Waals surface area contributed by atoms with Crippen molar-refractivity contribution < 1.29 is 9.63 Å². The number of aromatic nitrogens is 2. The van der Waals surface area contributed by atoms with Crippen LogP contribution in [0.15, 0.2) is 4.52 Å². The van der Waals surface area contributed by atoms with Gasteiger partial charge in [-0.05, 0) is 18.8 Å². The summed E-state index contributed by atoms with van der Waals surface area (Å²) in [6.45, 7) is 2.68. The van der Waals surface area contributed by atoms with Crippen molar-refractivity contribution in [2.45, 2.75) is 51.6 Å². The number of hydrogen-bond donors (Lipinski definition) is 2. The largest absolute Gasteiger partial charge is 0.396 e. The van der Waals surface area contributed by atoms with Gasteiger partial charge in [-0.3, -0.25) is 0 Å². The van der Waals surface area contributed by atoms with Gasteiger partial charge in [0.1, 0.15) is 0 Å². The van der Waals surface area contributed by atoms with Gasteiger partial charge in [-0.2, -0.15) is 4.98 Å². The number of aryl methyl sites for hydroxylation is 1. The Bertz CT molecular complexity index is 340. The van der Waals surface area contributed by atoms with Crippen LogP contribution in [0.3, 0.4) is 0 Å². The van der Waals surface area contributed by atoms with E-state index in [1.165, 1.54) is 19.3 Å². The summed E-state index contributed by atoms with van der Waals surface area (Å²) in [4.78, 5) is 4.17. The minimum atomic E-state index is 0.267. The van der Waals surface area contributed by atoms with E-state index in [1.807, 2.05) is 0 Å². The van der Waals surface area contributed by atoms with Gasteiger partial charge in [0.05, 0.1) is 6.54 Å². The lowest BCUT2D eigenvalue weighted by Crippen LogP contribution is -2.37. The van der Waals surface area contributed by atoms with Crippen LogP contribution in [0.2, 0.25) is 0 Å². The normalized spacial score (nSPS) is 25.8. The summed E-state index contributed by atoms with van der Waals surface area (Å²) in [6, 6.07) is 0.376. The molecule has 1 aliphatic rings. The number of aliphatic hydroxyl groups is 1. The highest BCUT2D eigenvalue weighted by molar-refractivity contribution is 4.86. The number of hydrogen-bond acceptors (Lipinski definition) is 5. The lowest BCUT2D eigenvalue weighted by molar-refractivity contribution is 0.180. The van der Waals surface area contributed by atoms with E-state index in [0.29, 0.717) is 30.2 Å². The van der Waals surface area contributed by atoms with E-state index in [0.717, 1.165) is 12.8 Å². The molecule has 0 bridgehead atoms. The van der Waals surface area contributed by atoms with Crippen LogP contribution >= 0.6 is 0 Å². The van der Waals surface area contributed by atoms with Crippen molar-refractivity contribution in [2.75, 3.05) is 6.61 Å². The minimum absolute atomic E-state index is 0.267. The maximum absolute atomic E-state index is 9.40. The van der Waals surface area contributed by atoms with Crippen molar-refractivity contribution in [3.63, 3.8) is 0 Å². The van der Waals surface area contributed by atoms with E-state index in [9.17, 15) is 5.11 Å². The van der Waals surface area contributed by atoms with Gasteiger partial charge < -0.3 is 14.9 Å². The Morgan fingerprint density at radius 1 is 1.35 bits per heavy atom. The lowest BCUT2D eigenvalue weighted by atomic mass is 9.96. The van der Waals surface area contributed by atoms with E-state index < -0.39 is 0 Å². The Balaban J connectivity index is 1.87. The molecule has 96 valence electrons. The van der Waals surface area contributed by atoms with Gasteiger partial charge in [0.2, 0.25) is 5.89 Å². The first-order valence-electron chi connectivity index (χ1n) is 6.43. The van der Waals surface area contributed by atoms with Crippen LogP contribution in [0.25, 0.3) is 0 Å². The van der Waals surface area contributed by atoms with Crippen LogP contribution in [-0.2, 0) is 6.54 Å². The SMILES string of the molecule is Cc1nc(CN[C@H]2CCCCC[C@H]2CO)no1. The van der Waals surface area contributed by atoms with Gasteiger partial charge in [0.25, 0.3) is 0 Å². The topological polar surface area (TPSA) is 71.2 Å². The van der Waals surface area contributed by atoms with Gasteiger partial charge in [0, 0.05) is 19.6 Å². The van der Waals surface area contributed by atoms with Crippen LogP contribution in [0.5, 0.6) is 0 Å². The summed E-state index contributed by atoms with van der Waals surface area (Å²) in [5.41, 5.74) is 0. The molecule has 1 fully saturated rings. The van der Waals surface area contributed by atoms with Crippen molar-refractivity contribution in [3.05, 3.63) is 11.7 Å². The first kappa shape index (κ1) is 12.5. The van der Waals surface area contributed by atoms with E-state index in [1.54, 1.807) is 6.92 Å². The van der Waals surface area contributed by atoms with E-state index >= 15 is 0 Å². The maximum Gasteiger partial charge on any atom is 0.223 e. The molecule has 5 heteroatoms. The van der Waals surface area contributed by atoms with Crippen molar-refractivity contribution in [1.29, 1.82) is 0 Å². The lowest BCUT2D eigenvalue weighted by Gasteiger charge is -2.23. The Morgan fingerprint density at radius 2 is 2.18 bits per heavy atom. The summed E-state index contributed by atoms with van der Waals surface area (Å²) in [5, 5.41) is 16.7. The summed E-state index contributed by atoms with van der Waals surface area (Å²) in [5.74, 6) is 1.66. The Hall–Kier alpha value is -0.940. The first-order chi connectivity index (χ1) is 8.29. The summed E-state index contributed by atoms with van der Waals surface area (Å²) in [7, 11) is 0. The van der Waals surface area contributed by atoms with E-state index in [4.69, 9.17) is 4.52 Å². The Morgan fingerprint density at radius 3 is 2.88 bits per heavy atom. The zero-order chi connectivity index (χ0) is 12.1. The van der Waals surface area contributed by atoms with Crippen LogP contribution < -0.4 is 5.32 Å². The third-order valence-electron chi connectivity index (χ3n) is 3.49. The molecule has 0 spiro atoms. The van der Waals surface area contributed by atoms with Crippen molar-refractivity contribution >= 4 is 0 Å². The number of nitrogens with zero attached hydrogens (tertiary/aromatic N) is 2. The average molecular weight is 239 g/mol. The molecule has 1 aliphatic carbocycles. The van der Waals surface area contributed by atoms with E-state index in [2.05, 4.69) is 15.5 Å². The van der Waals surface area contributed by atoms with Gasteiger partial charge in [-0.15, -0.1) is 0 Å². The van der Waals surface area contributed by atoms with Gasteiger partial charge in [-0.1, -0.05) is 24.4 Å². The van der Waals surface area contributed by atoms with Crippen LogP contribution in [0.4, 0.5) is 0 Å². The molecule has 0 aliphatic heterocycles. The molecule has 0 amide bonds. The fourth-order valence-corrected chi connectivity index (χ4v) is 2.51. The van der Waals surface area contributed by atoms with Crippen LogP contribution in [0, 0.1) is 12.8 Å². The molecule has 0 unspecified atom stereocenters. The molecule has 2 atom stereocenters. The maximum atomic E-state index is 9.40. The zero-order valence-corrected chi connectivity index (χ0v) is 10.4. The highest BCUT2D eigenvalue weighted by Gasteiger charge is 2.22. The number of nitrogens with one attached hydrogen (secondary N) is 1. The molecule has 1 aromatic rings. The third kappa shape index (κ3) is 3.51. The summed E-state index contributed by atoms with van der Waals surface area (Å²) in [6.07, 6.45) is 5.97. The standard InChI is InChI=1S/C12H21N3O2/c1-9-14-12(15-17-9)7-13-11-6-4-2-3-5-10(11)8-16/h10-11,13,16H,2-8H2,1H3/t10-,11-/m0/s1. The molecule has 5 nitrogen and oxygen atoms in total. The fourth-order valence-electron chi connectivity index (χ4n) is 2.51. The molecule has 0 saturated heterocycles.